The lowest BCUT2D eigenvalue weighted by Crippen LogP contribution is -2.51. The summed E-state index contributed by atoms with van der Waals surface area (Å²) in [4.78, 5) is 24.2. The maximum absolute atomic E-state index is 14.2. The maximum Gasteiger partial charge on any atom is 0.404 e. The molecule has 1 aliphatic heterocycles. The number of methoxy groups -OCH3 is 1. The highest BCUT2D eigenvalue weighted by Gasteiger charge is 2.67. The molecule has 1 aliphatic carbocycles. The molecule has 0 saturated carbocycles. The first-order chi connectivity index (χ1) is 11.4. The summed E-state index contributed by atoms with van der Waals surface area (Å²) in [6.07, 6.45) is -6.30. The Morgan fingerprint density at radius 2 is 2.04 bits per heavy atom. The molecule has 1 heterocycles. The quantitative estimate of drug-likeness (QED) is 0.761. The van der Waals surface area contributed by atoms with Crippen molar-refractivity contribution < 1.29 is 32.2 Å². The molecule has 2 N–H and O–H groups in total. The summed E-state index contributed by atoms with van der Waals surface area (Å²) in [5.41, 5.74) is -0.238. The summed E-state index contributed by atoms with van der Waals surface area (Å²) in [5.74, 6) is -3.05. The van der Waals surface area contributed by atoms with Gasteiger partial charge in [-0.15, -0.1) is 0 Å². The molecule has 0 aromatic heterocycles. The Bertz CT molecular complexity index is 743. The van der Waals surface area contributed by atoms with Crippen LogP contribution >= 0.6 is 0 Å². The number of carbonyl (C=O) groups excluding carboxylic acids is 2. The van der Waals surface area contributed by atoms with Crippen molar-refractivity contribution in [2.45, 2.75) is 39.3 Å². The third-order valence-corrected chi connectivity index (χ3v) is 4.64. The Balaban J connectivity index is 2.92. The zero-order valence-corrected chi connectivity index (χ0v) is 13.9. The second-order valence-corrected chi connectivity index (χ2v) is 6.62. The van der Waals surface area contributed by atoms with Gasteiger partial charge < -0.3 is 15.2 Å². The molecule has 9 heteroatoms. The minimum Gasteiger partial charge on any atom is -0.469 e. The SMILES string of the molecule is COC(=O)CC1(C(F)(F)F)C(C#N)=C(N)OC2=C1C(=O)CCC2(C)C. The second kappa shape index (κ2) is 5.79. The van der Waals surface area contributed by atoms with E-state index >= 15 is 0 Å². The van der Waals surface area contributed by atoms with Gasteiger partial charge in [-0.3, -0.25) is 9.59 Å². The predicted molar refractivity (Wildman–Crippen MR) is 78.1 cm³/mol. The number of nitrogens with two attached hydrogens (primary N) is 1. The van der Waals surface area contributed by atoms with Crippen LogP contribution in [0.25, 0.3) is 0 Å². The normalized spacial score (nSPS) is 25.9. The zero-order chi connectivity index (χ0) is 19.2. The molecule has 0 radical (unpaired) electrons. The van der Waals surface area contributed by atoms with Gasteiger partial charge in [0, 0.05) is 11.8 Å². The fourth-order valence-electron chi connectivity index (χ4n) is 3.25. The highest BCUT2D eigenvalue weighted by Crippen LogP contribution is 2.60. The van der Waals surface area contributed by atoms with Gasteiger partial charge in [-0.2, -0.15) is 18.4 Å². The first-order valence-electron chi connectivity index (χ1n) is 7.42. The minimum absolute atomic E-state index is 0.160. The van der Waals surface area contributed by atoms with Crippen LogP contribution in [0.2, 0.25) is 0 Å². The molecule has 0 saturated heterocycles. The Morgan fingerprint density at radius 1 is 1.44 bits per heavy atom. The molecule has 6 nitrogen and oxygen atoms in total. The van der Waals surface area contributed by atoms with E-state index in [0.29, 0.717) is 0 Å². The molecule has 25 heavy (non-hydrogen) atoms. The molecule has 0 fully saturated rings. The van der Waals surface area contributed by atoms with Crippen LogP contribution in [0.4, 0.5) is 13.2 Å². The molecule has 0 spiro atoms. The first-order valence-corrected chi connectivity index (χ1v) is 7.42. The Kier molecular flexibility index (Phi) is 4.36. The van der Waals surface area contributed by atoms with Gasteiger partial charge in [0.2, 0.25) is 5.88 Å². The number of ether oxygens (including phenoxy) is 2. The van der Waals surface area contributed by atoms with Crippen LogP contribution in [0.5, 0.6) is 0 Å². The maximum atomic E-state index is 14.2. The standard InChI is InChI=1S/C16H17F3N2O4/c1-14(2)5-4-9(22)11-12(14)25-13(21)8(7-20)15(11,16(17,18)19)6-10(23)24-3/h4-6,21H2,1-3H3. The van der Waals surface area contributed by atoms with Crippen molar-refractivity contribution in [1.29, 1.82) is 5.26 Å². The van der Waals surface area contributed by atoms with Crippen molar-refractivity contribution in [3.8, 4) is 6.07 Å². The van der Waals surface area contributed by atoms with Gasteiger partial charge in [0.1, 0.15) is 22.8 Å². The van der Waals surface area contributed by atoms with E-state index in [9.17, 15) is 28.0 Å². The van der Waals surface area contributed by atoms with Gasteiger partial charge in [-0.05, 0) is 6.42 Å². The summed E-state index contributed by atoms with van der Waals surface area (Å²) in [6, 6.07) is 1.38. The molecule has 2 aliphatic rings. The van der Waals surface area contributed by atoms with E-state index in [-0.39, 0.29) is 18.6 Å². The number of Topliss-reactive ketones (excluding diaryl/α,β-unsaturated/α-hetero) is 1. The number of esters is 1. The molecule has 136 valence electrons. The number of carbonyl (C=O) groups is 2. The number of halogens is 3. The van der Waals surface area contributed by atoms with E-state index < -0.39 is 52.2 Å². The molecule has 0 aromatic carbocycles. The van der Waals surface area contributed by atoms with Crippen LogP contribution in [0, 0.1) is 22.2 Å². The number of hydrogen-bond donors (Lipinski definition) is 1. The zero-order valence-electron chi connectivity index (χ0n) is 13.9. The van der Waals surface area contributed by atoms with E-state index in [1.807, 2.05) is 0 Å². The third-order valence-electron chi connectivity index (χ3n) is 4.64. The van der Waals surface area contributed by atoms with Crippen LogP contribution in [-0.4, -0.2) is 25.0 Å². The summed E-state index contributed by atoms with van der Waals surface area (Å²) in [5, 5.41) is 9.30. The average Bonchev–Trinajstić information content (AvgIpc) is 2.50. The van der Waals surface area contributed by atoms with E-state index in [2.05, 4.69) is 4.74 Å². The number of rotatable bonds is 2. The molecule has 1 unspecified atom stereocenters. The lowest BCUT2D eigenvalue weighted by Gasteiger charge is -2.45. The van der Waals surface area contributed by atoms with Crippen molar-refractivity contribution >= 4 is 11.8 Å². The third kappa shape index (κ3) is 2.65. The van der Waals surface area contributed by atoms with Gasteiger partial charge in [0.25, 0.3) is 0 Å². The number of ketones is 1. The smallest absolute Gasteiger partial charge is 0.404 e. The molecule has 0 aromatic rings. The average molecular weight is 358 g/mol. The van der Waals surface area contributed by atoms with Crippen LogP contribution in [-0.2, 0) is 19.1 Å². The van der Waals surface area contributed by atoms with Crippen LogP contribution < -0.4 is 5.73 Å². The molecular weight excluding hydrogens is 341 g/mol. The molecule has 2 rings (SSSR count). The van der Waals surface area contributed by atoms with Gasteiger partial charge in [0.05, 0.1) is 19.1 Å². The van der Waals surface area contributed by atoms with Crippen LogP contribution in [0.15, 0.2) is 22.8 Å². The summed E-state index contributed by atoms with van der Waals surface area (Å²) >= 11 is 0. The number of hydrogen-bond acceptors (Lipinski definition) is 6. The fraction of sp³-hybridized carbons (Fsp3) is 0.562. The molecule has 1 atom stereocenters. The minimum atomic E-state index is -5.13. The predicted octanol–water partition coefficient (Wildman–Crippen LogP) is 2.47. The highest BCUT2D eigenvalue weighted by molar-refractivity contribution is 6.00. The van der Waals surface area contributed by atoms with Gasteiger partial charge in [0.15, 0.2) is 5.78 Å². The van der Waals surface area contributed by atoms with Crippen LogP contribution in [0.1, 0.15) is 33.1 Å². The lowest BCUT2D eigenvalue weighted by molar-refractivity contribution is -0.207. The number of allylic oxidation sites excluding steroid dienone is 3. The molecule has 0 amide bonds. The molecule has 0 bridgehead atoms. The fourth-order valence-corrected chi connectivity index (χ4v) is 3.25. The Hall–Kier alpha value is -2.50. The van der Waals surface area contributed by atoms with Gasteiger partial charge in [-0.1, -0.05) is 13.8 Å². The highest BCUT2D eigenvalue weighted by atomic mass is 19.4. The van der Waals surface area contributed by atoms with Crippen molar-refractivity contribution in [3.05, 3.63) is 22.8 Å². The topological polar surface area (TPSA) is 102 Å². The van der Waals surface area contributed by atoms with Crippen molar-refractivity contribution in [3.63, 3.8) is 0 Å². The summed E-state index contributed by atoms with van der Waals surface area (Å²) in [6.45, 7) is 3.22. The van der Waals surface area contributed by atoms with E-state index in [1.165, 1.54) is 6.07 Å². The van der Waals surface area contributed by atoms with E-state index in [4.69, 9.17) is 10.5 Å². The number of alkyl halides is 3. The number of nitrogens with zero attached hydrogens (tertiary/aromatic N) is 1. The number of nitriles is 1. The van der Waals surface area contributed by atoms with Crippen LogP contribution in [0.3, 0.4) is 0 Å². The summed E-state index contributed by atoms with van der Waals surface area (Å²) in [7, 11) is 0.923. The summed E-state index contributed by atoms with van der Waals surface area (Å²) < 4.78 is 52.3. The van der Waals surface area contributed by atoms with Gasteiger partial charge >= 0.3 is 12.1 Å². The van der Waals surface area contributed by atoms with E-state index in [0.717, 1.165) is 7.11 Å². The molecular formula is C16H17F3N2O4. The van der Waals surface area contributed by atoms with E-state index in [1.54, 1.807) is 13.8 Å². The van der Waals surface area contributed by atoms with Crippen molar-refractivity contribution in [1.82, 2.24) is 0 Å². The largest absolute Gasteiger partial charge is 0.469 e. The second-order valence-electron chi connectivity index (χ2n) is 6.62. The monoisotopic (exact) mass is 358 g/mol. The van der Waals surface area contributed by atoms with Crippen molar-refractivity contribution in [2.75, 3.05) is 7.11 Å². The van der Waals surface area contributed by atoms with Crippen molar-refractivity contribution in [2.24, 2.45) is 16.6 Å². The Labute approximate surface area is 142 Å². The Morgan fingerprint density at radius 3 is 2.52 bits per heavy atom. The first kappa shape index (κ1) is 18.8. The lowest BCUT2D eigenvalue weighted by atomic mass is 9.62. The van der Waals surface area contributed by atoms with Gasteiger partial charge in [-0.25, -0.2) is 0 Å².